The van der Waals surface area contributed by atoms with Gasteiger partial charge in [-0.2, -0.15) is 0 Å². The SMILES string of the molecule is CN=C=CC(C)(C)C. The minimum absolute atomic E-state index is 0.222. The maximum Gasteiger partial charge on any atom is 0.0372 e. The van der Waals surface area contributed by atoms with Crippen molar-refractivity contribution in [2.75, 3.05) is 7.05 Å². The van der Waals surface area contributed by atoms with Gasteiger partial charge in [-0.1, -0.05) is 20.8 Å². The van der Waals surface area contributed by atoms with Gasteiger partial charge in [0.15, 0.2) is 0 Å². The van der Waals surface area contributed by atoms with E-state index in [0.717, 1.165) is 0 Å². The molecule has 0 aliphatic heterocycles. The van der Waals surface area contributed by atoms with Crippen LogP contribution in [0.4, 0.5) is 0 Å². The predicted molar refractivity (Wildman–Crippen MR) is 37.4 cm³/mol. The third-order valence-corrected chi connectivity index (χ3v) is 0.627. The monoisotopic (exact) mass is 111 g/mol. The molecule has 0 atom stereocenters. The minimum Gasteiger partial charge on any atom is -0.247 e. The Bertz CT molecular complexity index is 111. The van der Waals surface area contributed by atoms with Gasteiger partial charge in [-0.3, -0.25) is 0 Å². The summed E-state index contributed by atoms with van der Waals surface area (Å²) < 4.78 is 0. The molecule has 0 unspecified atom stereocenters. The van der Waals surface area contributed by atoms with Gasteiger partial charge < -0.3 is 0 Å². The largest absolute Gasteiger partial charge is 0.247 e. The van der Waals surface area contributed by atoms with Gasteiger partial charge in [0.05, 0.1) is 0 Å². The van der Waals surface area contributed by atoms with E-state index in [1.54, 1.807) is 7.05 Å². The predicted octanol–water partition coefficient (Wildman–Crippen LogP) is 1.89. The lowest BCUT2D eigenvalue weighted by atomic mass is 9.98. The zero-order chi connectivity index (χ0) is 6.62. The van der Waals surface area contributed by atoms with Crippen LogP contribution < -0.4 is 0 Å². The van der Waals surface area contributed by atoms with Gasteiger partial charge in [0, 0.05) is 7.05 Å². The third-order valence-electron chi connectivity index (χ3n) is 0.627. The Morgan fingerprint density at radius 3 is 2.00 bits per heavy atom. The van der Waals surface area contributed by atoms with E-state index in [-0.39, 0.29) is 5.41 Å². The molecule has 46 valence electrons. The molecule has 1 heteroatoms. The summed E-state index contributed by atoms with van der Waals surface area (Å²) in [5, 5.41) is 0. The molecule has 0 saturated heterocycles. The number of rotatable bonds is 0. The van der Waals surface area contributed by atoms with Crippen molar-refractivity contribution in [3.63, 3.8) is 0 Å². The van der Waals surface area contributed by atoms with E-state index < -0.39 is 0 Å². The first-order chi connectivity index (χ1) is 3.56. The van der Waals surface area contributed by atoms with Crippen LogP contribution in [0.25, 0.3) is 0 Å². The number of hydrogen-bond donors (Lipinski definition) is 0. The van der Waals surface area contributed by atoms with Crippen molar-refractivity contribution in [3.05, 3.63) is 6.08 Å². The van der Waals surface area contributed by atoms with Crippen molar-refractivity contribution in [1.82, 2.24) is 0 Å². The lowest BCUT2D eigenvalue weighted by Gasteiger charge is -2.07. The van der Waals surface area contributed by atoms with Crippen LogP contribution in [0.2, 0.25) is 0 Å². The zero-order valence-electron chi connectivity index (χ0n) is 6.02. The van der Waals surface area contributed by atoms with Gasteiger partial charge in [0.25, 0.3) is 0 Å². The molecule has 0 rings (SSSR count). The van der Waals surface area contributed by atoms with E-state index in [1.165, 1.54) is 0 Å². The van der Waals surface area contributed by atoms with Gasteiger partial charge in [-0.25, -0.2) is 4.99 Å². The molecule has 0 aliphatic rings. The van der Waals surface area contributed by atoms with E-state index >= 15 is 0 Å². The minimum atomic E-state index is 0.222. The molecule has 0 aromatic heterocycles. The number of aliphatic imine (C=N–C) groups is 1. The summed E-state index contributed by atoms with van der Waals surface area (Å²) in [5.41, 5.74) is 0.222. The molecule has 0 aromatic carbocycles. The Morgan fingerprint density at radius 1 is 1.38 bits per heavy atom. The second-order valence-corrected chi connectivity index (χ2v) is 2.86. The fourth-order valence-electron chi connectivity index (χ4n) is 0.258. The van der Waals surface area contributed by atoms with Crippen LogP contribution in [-0.4, -0.2) is 12.9 Å². The van der Waals surface area contributed by atoms with Crippen molar-refractivity contribution in [2.45, 2.75) is 20.8 Å². The van der Waals surface area contributed by atoms with E-state index in [2.05, 4.69) is 31.6 Å². The summed E-state index contributed by atoms with van der Waals surface area (Å²) in [6.45, 7) is 6.35. The molecular formula is C7H13N. The van der Waals surface area contributed by atoms with E-state index in [4.69, 9.17) is 0 Å². The zero-order valence-corrected chi connectivity index (χ0v) is 6.02. The first kappa shape index (κ1) is 7.45. The average molecular weight is 111 g/mol. The Labute approximate surface area is 51.1 Å². The van der Waals surface area contributed by atoms with Crippen molar-refractivity contribution in [2.24, 2.45) is 10.4 Å². The molecule has 0 fully saturated rings. The molecule has 0 spiro atoms. The van der Waals surface area contributed by atoms with Gasteiger partial charge in [-0.05, 0) is 17.4 Å². The Morgan fingerprint density at radius 2 is 1.88 bits per heavy atom. The molecule has 0 amide bonds. The van der Waals surface area contributed by atoms with E-state index in [1.807, 2.05) is 6.08 Å². The lowest BCUT2D eigenvalue weighted by molar-refractivity contribution is 0.549. The highest BCUT2D eigenvalue weighted by Gasteiger charge is 2.01. The molecule has 0 aliphatic carbocycles. The molecule has 8 heavy (non-hydrogen) atoms. The van der Waals surface area contributed by atoms with Gasteiger partial charge >= 0.3 is 0 Å². The van der Waals surface area contributed by atoms with Gasteiger partial charge in [0.2, 0.25) is 0 Å². The molecule has 0 aromatic rings. The topological polar surface area (TPSA) is 12.4 Å². The Kier molecular flexibility index (Phi) is 2.50. The van der Waals surface area contributed by atoms with Crippen LogP contribution in [0, 0.1) is 5.41 Å². The lowest BCUT2D eigenvalue weighted by Crippen LogP contribution is -1.98. The fourth-order valence-corrected chi connectivity index (χ4v) is 0.258. The summed E-state index contributed by atoms with van der Waals surface area (Å²) in [7, 11) is 1.72. The highest BCUT2D eigenvalue weighted by atomic mass is 14.6. The third kappa shape index (κ3) is 5.45. The van der Waals surface area contributed by atoms with Gasteiger partial charge in [-0.15, -0.1) is 0 Å². The number of nitrogens with zero attached hydrogens (tertiary/aromatic N) is 1. The molecule has 1 nitrogen and oxygen atoms in total. The quantitative estimate of drug-likeness (QED) is 0.423. The van der Waals surface area contributed by atoms with Crippen molar-refractivity contribution >= 4 is 5.87 Å². The van der Waals surface area contributed by atoms with Crippen LogP contribution in [0.5, 0.6) is 0 Å². The van der Waals surface area contributed by atoms with Crippen molar-refractivity contribution in [1.29, 1.82) is 0 Å². The van der Waals surface area contributed by atoms with Gasteiger partial charge in [0.1, 0.15) is 0 Å². The van der Waals surface area contributed by atoms with Crippen LogP contribution in [0.15, 0.2) is 11.1 Å². The Hall–Kier alpha value is -0.550. The first-order valence-electron chi connectivity index (χ1n) is 2.75. The molecule has 0 N–H and O–H groups in total. The fraction of sp³-hybridized carbons (Fsp3) is 0.714. The van der Waals surface area contributed by atoms with E-state index in [0.29, 0.717) is 0 Å². The van der Waals surface area contributed by atoms with E-state index in [9.17, 15) is 0 Å². The number of allylic oxidation sites excluding steroid dienone is 1. The second kappa shape index (κ2) is 2.68. The summed E-state index contributed by atoms with van der Waals surface area (Å²) in [5.74, 6) is 2.79. The molecular weight excluding hydrogens is 98.1 g/mol. The maximum atomic E-state index is 3.72. The van der Waals surface area contributed by atoms with Crippen molar-refractivity contribution < 1.29 is 0 Å². The summed E-state index contributed by atoms with van der Waals surface area (Å²) >= 11 is 0. The van der Waals surface area contributed by atoms with Crippen molar-refractivity contribution in [3.8, 4) is 0 Å². The van der Waals surface area contributed by atoms with Crippen LogP contribution >= 0.6 is 0 Å². The smallest absolute Gasteiger partial charge is 0.0372 e. The van der Waals surface area contributed by atoms with Crippen LogP contribution in [0.3, 0.4) is 0 Å². The second-order valence-electron chi connectivity index (χ2n) is 2.86. The molecule has 0 heterocycles. The molecule has 0 radical (unpaired) electrons. The highest BCUT2D eigenvalue weighted by molar-refractivity contribution is 5.52. The van der Waals surface area contributed by atoms with Crippen LogP contribution in [0.1, 0.15) is 20.8 Å². The summed E-state index contributed by atoms with van der Waals surface area (Å²) in [6, 6.07) is 0. The molecule has 0 bridgehead atoms. The molecule has 0 saturated carbocycles. The average Bonchev–Trinajstić information content (AvgIpc) is 1.59. The normalized spacial score (nSPS) is 10.0. The summed E-state index contributed by atoms with van der Waals surface area (Å²) in [6.07, 6.45) is 1.95. The van der Waals surface area contributed by atoms with Crippen LogP contribution in [-0.2, 0) is 0 Å². The number of hydrogen-bond acceptors (Lipinski definition) is 1. The highest BCUT2D eigenvalue weighted by Crippen LogP contribution is 2.11. The summed E-state index contributed by atoms with van der Waals surface area (Å²) in [4.78, 5) is 3.72. The Balaban J connectivity index is 3.89. The standard InChI is InChI=1S/C7H13N/c1-7(2,3)5-6-8-4/h5H,1-4H3. The first-order valence-corrected chi connectivity index (χ1v) is 2.75. The maximum absolute atomic E-state index is 3.72.